The summed E-state index contributed by atoms with van der Waals surface area (Å²) in [6, 6.07) is -0.661. The maximum Gasteiger partial charge on any atom is 0.326 e. The third kappa shape index (κ3) is 6.24. The van der Waals surface area contributed by atoms with E-state index in [1.54, 1.807) is 24.4 Å². The summed E-state index contributed by atoms with van der Waals surface area (Å²) in [5.41, 5.74) is 4.38. The summed E-state index contributed by atoms with van der Waals surface area (Å²) in [5, 5.41) is 14.3. The fraction of sp³-hybridized carbons (Fsp3) is 0.474. The number of carboxylic acids is 1. The number of thiophene rings is 1. The van der Waals surface area contributed by atoms with Crippen LogP contribution in [-0.4, -0.2) is 86.6 Å². The summed E-state index contributed by atoms with van der Waals surface area (Å²) in [7, 11) is 0. The number of carbonyl (C=O) groups is 6. The zero-order valence-corrected chi connectivity index (χ0v) is 20.4. The Hall–Kier alpha value is -3.17. The number of nitrogens with one attached hydrogen (secondary N) is 3. The molecule has 34 heavy (non-hydrogen) atoms. The Balaban J connectivity index is 2.27. The fourth-order valence-corrected chi connectivity index (χ4v) is 4.23. The van der Waals surface area contributed by atoms with E-state index in [2.05, 4.69) is 28.8 Å². The highest BCUT2D eigenvalue weighted by Crippen LogP contribution is 2.23. The third-order valence-electron chi connectivity index (χ3n) is 4.88. The van der Waals surface area contributed by atoms with Crippen molar-refractivity contribution in [3.8, 4) is 0 Å². The molecule has 186 valence electrons. The van der Waals surface area contributed by atoms with Gasteiger partial charge in [-0.2, -0.15) is 12.6 Å². The Bertz CT molecular complexity index is 949. The van der Waals surface area contributed by atoms with Crippen LogP contribution in [-0.2, 0) is 24.0 Å². The molecule has 1 aromatic rings. The minimum Gasteiger partial charge on any atom is -0.480 e. The van der Waals surface area contributed by atoms with E-state index < -0.39 is 46.6 Å². The van der Waals surface area contributed by atoms with Gasteiger partial charge in [0.15, 0.2) is 6.04 Å². The van der Waals surface area contributed by atoms with Gasteiger partial charge in [0.2, 0.25) is 6.41 Å². The van der Waals surface area contributed by atoms with Gasteiger partial charge in [0.25, 0.3) is 5.91 Å². The summed E-state index contributed by atoms with van der Waals surface area (Å²) in [5.74, 6) is -4.14. The number of rotatable bonds is 10. The van der Waals surface area contributed by atoms with Crippen LogP contribution in [0.3, 0.4) is 0 Å². The van der Waals surface area contributed by atoms with Crippen molar-refractivity contribution in [2.45, 2.75) is 37.6 Å². The molecule has 0 aromatic carbocycles. The topological polar surface area (TPSA) is 168 Å². The van der Waals surface area contributed by atoms with Gasteiger partial charge in [-0.1, -0.05) is 6.07 Å². The molecule has 0 saturated carbocycles. The predicted octanol–water partition coefficient (Wildman–Crippen LogP) is -0.655. The molecule has 2 heterocycles. The molecule has 0 spiro atoms. The van der Waals surface area contributed by atoms with Crippen LogP contribution in [0.5, 0.6) is 0 Å². The second-order valence-electron chi connectivity index (χ2n) is 7.73. The second kappa shape index (κ2) is 11.3. The number of imide groups is 1. The van der Waals surface area contributed by atoms with E-state index in [0.29, 0.717) is 21.4 Å². The summed E-state index contributed by atoms with van der Waals surface area (Å²) in [6.07, 6.45) is 0.173. The van der Waals surface area contributed by atoms with Crippen LogP contribution in [0.25, 0.3) is 0 Å². The number of carbonyl (C=O) groups excluding carboxylic acids is 5. The Kier molecular flexibility index (Phi) is 9.00. The minimum atomic E-state index is -1.49. The van der Waals surface area contributed by atoms with Crippen LogP contribution < -0.4 is 16.2 Å². The number of piperazine rings is 1. The first-order valence-electron chi connectivity index (χ1n) is 10.1. The molecule has 2 atom stereocenters. The van der Waals surface area contributed by atoms with Crippen molar-refractivity contribution < 1.29 is 33.9 Å². The van der Waals surface area contributed by atoms with E-state index >= 15 is 0 Å². The number of hydrogen-bond donors (Lipinski definition) is 5. The maximum absolute atomic E-state index is 13.1. The van der Waals surface area contributed by atoms with Crippen molar-refractivity contribution in [3.63, 3.8) is 0 Å². The minimum absolute atomic E-state index is 0.0588. The largest absolute Gasteiger partial charge is 0.480 e. The van der Waals surface area contributed by atoms with Gasteiger partial charge >= 0.3 is 23.8 Å². The first-order chi connectivity index (χ1) is 15.9. The highest BCUT2D eigenvalue weighted by atomic mass is 32.1. The van der Waals surface area contributed by atoms with Gasteiger partial charge in [-0.15, -0.1) is 16.5 Å². The Morgan fingerprint density at radius 3 is 2.47 bits per heavy atom. The number of likely N-dealkylation sites (N-methyl/N-ethyl adjacent to an activating group) is 1. The van der Waals surface area contributed by atoms with Gasteiger partial charge in [0.1, 0.15) is 6.04 Å². The Labute approximate surface area is 204 Å². The lowest BCUT2D eigenvalue weighted by atomic mass is 10.0. The SMILES string of the molecule is CCN1CCN(C(=O)NC(C(=O)NN(NC=O)[C@H](C(=O)O)C(C)(C)S)c2cccs2)C(=O)C1=O. The van der Waals surface area contributed by atoms with Crippen LogP contribution in [0.1, 0.15) is 31.7 Å². The average molecular weight is 515 g/mol. The van der Waals surface area contributed by atoms with E-state index in [1.165, 1.54) is 18.7 Å². The first kappa shape index (κ1) is 27.1. The molecule has 0 radical (unpaired) electrons. The van der Waals surface area contributed by atoms with Gasteiger partial charge in [0.05, 0.1) is 0 Å². The van der Waals surface area contributed by atoms with Gasteiger partial charge in [0, 0.05) is 29.3 Å². The highest BCUT2D eigenvalue weighted by molar-refractivity contribution is 7.81. The van der Waals surface area contributed by atoms with Crippen molar-refractivity contribution in [2.24, 2.45) is 0 Å². The first-order valence-corrected chi connectivity index (χ1v) is 11.4. The maximum atomic E-state index is 13.1. The molecule has 1 aliphatic rings. The van der Waals surface area contributed by atoms with Crippen LogP contribution in [0, 0.1) is 0 Å². The van der Waals surface area contributed by atoms with Crippen molar-refractivity contribution in [2.75, 3.05) is 19.6 Å². The molecule has 1 fully saturated rings. The van der Waals surface area contributed by atoms with Crippen molar-refractivity contribution >= 4 is 60.1 Å². The van der Waals surface area contributed by atoms with Gasteiger partial charge in [-0.25, -0.2) is 4.79 Å². The monoisotopic (exact) mass is 514 g/mol. The van der Waals surface area contributed by atoms with Crippen LogP contribution >= 0.6 is 24.0 Å². The normalized spacial score (nSPS) is 16.1. The van der Waals surface area contributed by atoms with Crippen molar-refractivity contribution in [1.82, 2.24) is 31.1 Å². The molecule has 2 rings (SSSR count). The highest BCUT2D eigenvalue weighted by Gasteiger charge is 2.41. The molecule has 0 bridgehead atoms. The van der Waals surface area contributed by atoms with Gasteiger partial charge in [-0.3, -0.25) is 39.7 Å². The van der Waals surface area contributed by atoms with E-state index in [4.69, 9.17) is 0 Å². The number of urea groups is 1. The number of nitrogens with zero attached hydrogens (tertiary/aromatic N) is 3. The van der Waals surface area contributed by atoms with Crippen molar-refractivity contribution in [3.05, 3.63) is 22.4 Å². The summed E-state index contributed by atoms with van der Waals surface area (Å²) >= 11 is 5.36. The number of thiol groups is 1. The molecule has 6 amide bonds. The zero-order valence-electron chi connectivity index (χ0n) is 18.7. The molecule has 4 N–H and O–H groups in total. The van der Waals surface area contributed by atoms with Crippen LogP contribution in [0.15, 0.2) is 17.5 Å². The van der Waals surface area contributed by atoms with E-state index in [0.717, 1.165) is 11.3 Å². The molecule has 0 aliphatic carbocycles. The summed E-state index contributed by atoms with van der Waals surface area (Å²) in [4.78, 5) is 75.7. The molecule has 1 unspecified atom stereocenters. The predicted molar refractivity (Wildman–Crippen MR) is 123 cm³/mol. The molecule has 1 aliphatic heterocycles. The summed E-state index contributed by atoms with van der Waals surface area (Å²) in [6.45, 7) is 5.05. The van der Waals surface area contributed by atoms with Gasteiger partial charge < -0.3 is 15.3 Å². The average Bonchev–Trinajstić information content (AvgIpc) is 3.27. The standard InChI is InChI=1S/C19H26N6O7S2/c1-4-23-7-8-24(16(29)15(23)28)18(32)21-12(11-6-5-9-34-11)14(27)22-25(20-10-26)13(17(30)31)19(2,3)33/h5-6,9-10,12-13,33H,4,7-8H2,1-3H3,(H,20,26)(H,21,32)(H,22,27)(H,30,31)/t12?,13-/m1/s1. The number of hydrazine groups is 2. The van der Waals surface area contributed by atoms with Crippen LogP contribution in [0.4, 0.5) is 4.79 Å². The lowest BCUT2D eigenvalue weighted by Crippen LogP contribution is -2.65. The fourth-order valence-electron chi connectivity index (χ4n) is 3.23. The molecular formula is C19H26N6O7S2. The van der Waals surface area contributed by atoms with E-state index in [1.807, 2.05) is 0 Å². The van der Waals surface area contributed by atoms with E-state index in [9.17, 15) is 33.9 Å². The van der Waals surface area contributed by atoms with Crippen molar-refractivity contribution in [1.29, 1.82) is 0 Å². The lowest BCUT2D eigenvalue weighted by Gasteiger charge is -2.36. The molecule has 1 aromatic heterocycles. The molecule has 13 nitrogen and oxygen atoms in total. The third-order valence-corrected chi connectivity index (χ3v) is 6.06. The number of carboxylic acid groups (broad SMARTS) is 1. The smallest absolute Gasteiger partial charge is 0.326 e. The molecule has 1 saturated heterocycles. The van der Waals surface area contributed by atoms with Crippen LogP contribution in [0.2, 0.25) is 0 Å². The Morgan fingerprint density at radius 1 is 1.29 bits per heavy atom. The quantitative estimate of drug-likeness (QED) is 0.119. The number of amides is 6. The second-order valence-corrected chi connectivity index (χ2v) is 9.86. The Morgan fingerprint density at radius 2 is 1.97 bits per heavy atom. The lowest BCUT2D eigenvalue weighted by molar-refractivity contribution is -0.153. The van der Waals surface area contributed by atoms with E-state index in [-0.39, 0.29) is 19.5 Å². The molecule has 15 heteroatoms. The number of hydrogen-bond acceptors (Lipinski definition) is 9. The van der Waals surface area contributed by atoms with Gasteiger partial charge in [-0.05, 0) is 32.2 Å². The molecular weight excluding hydrogens is 488 g/mol. The zero-order chi connectivity index (χ0) is 25.6. The summed E-state index contributed by atoms with van der Waals surface area (Å²) < 4.78 is -1.22. The number of aliphatic carboxylic acids is 1.